The molecule has 5 heteroatoms. The van der Waals surface area contributed by atoms with Crippen molar-refractivity contribution in [3.8, 4) is 0 Å². The summed E-state index contributed by atoms with van der Waals surface area (Å²) >= 11 is 1.74. The lowest BCUT2D eigenvalue weighted by molar-refractivity contribution is 0.196. The van der Waals surface area contributed by atoms with Gasteiger partial charge in [0.2, 0.25) is 0 Å². The third kappa shape index (κ3) is 3.43. The van der Waals surface area contributed by atoms with E-state index in [2.05, 4.69) is 27.1 Å². The highest BCUT2D eigenvalue weighted by atomic mass is 32.1. The summed E-state index contributed by atoms with van der Waals surface area (Å²) in [5.41, 5.74) is 5.71. The Kier molecular flexibility index (Phi) is 5.41. The molecule has 1 aliphatic rings. The number of hydrogen-bond donors (Lipinski definition) is 1. The van der Waals surface area contributed by atoms with E-state index in [0.717, 1.165) is 32.6 Å². The van der Waals surface area contributed by atoms with E-state index in [0.29, 0.717) is 6.04 Å². The largest absolute Gasteiger partial charge is 0.347 e. The topological polar surface area (TPSA) is 45.4 Å². The van der Waals surface area contributed by atoms with Gasteiger partial charge in [0.15, 0.2) is 5.13 Å². The minimum Gasteiger partial charge on any atom is -0.347 e. The van der Waals surface area contributed by atoms with Gasteiger partial charge in [-0.2, -0.15) is 0 Å². The number of thiazole rings is 1. The van der Waals surface area contributed by atoms with Gasteiger partial charge in [-0.25, -0.2) is 4.98 Å². The number of rotatable bonds is 5. The standard InChI is InChI=1S/C13H24N4S/c1-2-12(4-5-14)16-7-3-8-17(10-9-16)13-15-6-11-18-13/h6,11-12H,2-5,7-10,14H2,1H3. The van der Waals surface area contributed by atoms with Crippen molar-refractivity contribution < 1.29 is 0 Å². The Labute approximate surface area is 114 Å². The second kappa shape index (κ2) is 7.07. The van der Waals surface area contributed by atoms with Crippen LogP contribution in [-0.4, -0.2) is 48.6 Å². The first-order valence-electron chi connectivity index (χ1n) is 6.93. The molecule has 1 atom stereocenters. The lowest BCUT2D eigenvalue weighted by Gasteiger charge is -2.29. The predicted molar refractivity (Wildman–Crippen MR) is 78.3 cm³/mol. The van der Waals surface area contributed by atoms with Crippen LogP contribution in [0.3, 0.4) is 0 Å². The van der Waals surface area contributed by atoms with Crippen LogP contribution < -0.4 is 10.6 Å². The van der Waals surface area contributed by atoms with Crippen LogP contribution in [0.1, 0.15) is 26.2 Å². The Balaban J connectivity index is 1.91. The van der Waals surface area contributed by atoms with E-state index in [4.69, 9.17) is 5.73 Å². The highest BCUT2D eigenvalue weighted by Crippen LogP contribution is 2.20. The summed E-state index contributed by atoms with van der Waals surface area (Å²) in [5, 5.41) is 3.23. The molecule has 1 aromatic heterocycles. The first kappa shape index (κ1) is 13.8. The van der Waals surface area contributed by atoms with E-state index < -0.39 is 0 Å². The Bertz CT molecular complexity index is 328. The van der Waals surface area contributed by atoms with Crippen LogP contribution in [0.15, 0.2) is 11.6 Å². The van der Waals surface area contributed by atoms with E-state index in [1.807, 2.05) is 6.20 Å². The molecule has 18 heavy (non-hydrogen) atoms. The maximum absolute atomic E-state index is 5.71. The average molecular weight is 268 g/mol. The number of aromatic nitrogens is 1. The van der Waals surface area contributed by atoms with Gasteiger partial charge in [0.05, 0.1) is 0 Å². The average Bonchev–Trinajstić information content (AvgIpc) is 2.81. The number of nitrogens with zero attached hydrogens (tertiary/aromatic N) is 3. The fraction of sp³-hybridized carbons (Fsp3) is 0.769. The molecule has 0 amide bonds. The van der Waals surface area contributed by atoms with Gasteiger partial charge in [0, 0.05) is 43.8 Å². The van der Waals surface area contributed by atoms with E-state index in [1.54, 1.807) is 11.3 Å². The van der Waals surface area contributed by atoms with Crippen molar-refractivity contribution >= 4 is 16.5 Å². The molecular weight excluding hydrogens is 244 g/mol. The van der Waals surface area contributed by atoms with Crippen molar-refractivity contribution in [2.45, 2.75) is 32.2 Å². The van der Waals surface area contributed by atoms with Crippen LogP contribution in [0.5, 0.6) is 0 Å². The van der Waals surface area contributed by atoms with Gasteiger partial charge in [-0.1, -0.05) is 6.92 Å². The van der Waals surface area contributed by atoms with Gasteiger partial charge in [-0.05, 0) is 25.8 Å². The minimum absolute atomic E-state index is 0.659. The van der Waals surface area contributed by atoms with Crippen molar-refractivity contribution in [3.63, 3.8) is 0 Å². The summed E-state index contributed by atoms with van der Waals surface area (Å²) in [5.74, 6) is 0. The summed E-state index contributed by atoms with van der Waals surface area (Å²) in [4.78, 5) is 9.44. The Morgan fingerprint density at radius 3 is 2.94 bits per heavy atom. The molecule has 102 valence electrons. The molecule has 4 nitrogen and oxygen atoms in total. The first-order valence-corrected chi connectivity index (χ1v) is 7.81. The van der Waals surface area contributed by atoms with Crippen LogP contribution in [-0.2, 0) is 0 Å². The molecule has 1 saturated heterocycles. The first-order chi connectivity index (χ1) is 8.85. The van der Waals surface area contributed by atoms with Gasteiger partial charge in [-0.15, -0.1) is 11.3 Å². The van der Waals surface area contributed by atoms with E-state index in [9.17, 15) is 0 Å². The number of nitrogens with two attached hydrogens (primary N) is 1. The quantitative estimate of drug-likeness (QED) is 0.884. The van der Waals surface area contributed by atoms with E-state index in [-0.39, 0.29) is 0 Å². The monoisotopic (exact) mass is 268 g/mol. The zero-order valence-corrected chi connectivity index (χ0v) is 12.0. The van der Waals surface area contributed by atoms with Crippen LogP contribution in [0.25, 0.3) is 0 Å². The van der Waals surface area contributed by atoms with Crippen LogP contribution in [0.4, 0.5) is 5.13 Å². The van der Waals surface area contributed by atoms with Crippen molar-refractivity contribution in [2.75, 3.05) is 37.6 Å². The van der Waals surface area contributed by atoms with Crippen molar-refractivity contribution in [2.24, 2.45) is 5.73 Å². The SMILES string of the molecule is CCC(CCN)N1CCCN(c2nccs2)CC1. The molecule has 1 fully saturated rings. The second-order valence-corrected chi connectivity index (χ2v) is 5.70. The van der Waals surface area contributed by atoms with Crippen molar-refractivity contribution in [1.29, 1.82) is 0 Å². The third-order valence-electron chi connectivity index (χ3n) is 3.71. The number of hydrogen-bond acceptors (Lipinski definition) is 5. The van der Waals surface area contributed by atoms with Gasteiger partial charge < -0.3 is 10.6 Å². The zero-order chi connectivity index (χ0) is 12.8. The number of anilines is 1. The van der Waals surface area contributed by atoms with Crippen LogP contribution in [0, 0.1) is 0 Å². The highest BCUT2D eigenvalue weighted by molar-refractivity contribution is 7.13. The normalized spacial score (nSPS) is 19.8. The Hall–Kier alpha value is -0.650. The molecule has 1 aromatic rings. The molecule has 0 aliphatic carbocycles. The fourth-order valence-corrected chi connectivity index (χ4v) is 3.40. The fourth-order valence-electron chi connectivity index (χ4n) is 2.70. The van der Waals surface area contributed by atoms with E-state index >= 15 is 0 Å². The van der Waals surface area contributed by atoms with Gasteiger partial charge in [0.25, 0.3) is 0 Å². The van der Waals surface area contributed by atoms with Gasteiger partial charge >= 0.3 is 0 Å². The summed E-state index contributed by atoms with van der Waals surface area (Å²) in [6.07, 6.45) is 5.44. The Morgan fingerprint density at radius 2 is 2.28 bits per heavy atom. The summed E-state index contributed by atoms with van der Waals surface area (Å²) in [7, 11) is 0. The van der Waals surface area contributed by atoms with Crippen molar-refractivity contribution in [1.82, 2.24) is 9.88 Å². The molecule has 1 aliphatic heterocycles. The smallest absolute Gasteiger partial charge is 0.185 e. The molecule has 0 radical (unpaired) electrons. The molecule has 2 rings (SSSR count). The molecule has 0 aromatic carbocycles. The van der Waals surface area contributed by atoms with E-state index in [1.165, 1.54) is 24.5 Å². The maximum atomic E-state index is 5.71. The van der Waals surface area contributed by atoms with Crippen LogP contribution >= 0.6 is 11.3 Å². The lowest BCUT2D eigenvalue weighted by atomic mass is 10.1. The van der Waals surface area contributed by atoms with Gasteiger partial charge in [-0.3, -0.25) is 4.90 Å². The highest BCUT2D eigenvalue weighted by Gasteiger charge is 2.21. The summed E-state index contributed by atoms with van der Waals surface area (Å²) in [6, 6.07) is 0.659. The molecule has 2 heterocycles. The predicted octanol–water partition coefficient (Wildman–Crippen LogP) is 1.78. The molecule has 2 N–H and O–H groups in total. The molecule has 0 spiro atoms. The van der Waals surface area contributed by atoms with Crippen LogP contribution in [0.2, 0.25) is 0 Å². The maximum Gasteiger partial charge on any atom is 0.185 e. The minimum atomic E-state index is 0.659. The van der Waals surface area contributed by atoms with Gasteiger partial charge in [0.1, 0.15) is 0 Å². The van der Waals surface area contributed by atoms with Crippen molar-refractivity contribution in [3.05, 3.63) is 11.6 Å². The summed E-state index contributed by atoms with van der Waals surface area (Å²) < 4.78 is 0. The molecule has 0 bridgehead atoms. The third-order valence-corrected chi connectivity index (χ3v) is 4.54. The molecular formula is C13H24N4S. The zero-order valence-electron chi connectivity index (χ0n) is 11.2. The lowest BCUT2D eigenvalue weighted by Crippen LogP contribution is -2.39. The molecule has 1 unspecified atom stereocenters. The molecule has 0 saturated carbocycles. The second-order valence-electron chi connectivity index (χ2n) is 4.83. The Morgan fingerprint density at radius 1 is 1.39 bits per heavy atom. The summed E-state index contributed by atoms with van der Waals surface area (Å²) in [6.45, 7) is 7.62.